The summed E-state index contributed by atoms with van der Waals surface area (Å²) >= 11 is 0. The van der Waals surface area contributed by atoms with Crippen LogP contribution >= 0.6 is 0 Å². The largest absolute Gasteiger partial charge is 0.573 e. The minimum Gasteiger partial charge on any atom is -0.448 e. The van der Waals surface area contributed by atoms with E-state index in [1.54, 1.807) is 12.1 Å². The summed E-state index contributed by atoms with van der Waals surface area (Å²) in [6.07, 6.45) is -4.51. The molecule has 1 amide bonds. The van der Waals surface area contributed by atoms with E-state index in [-0.39, 0.29) is 11.4 Å². The van der Waals surface area contributed by atoms with Gasteiger partial charge in [0.25, 0.3) is 5.91 Å². The van der Waals surface area contributed by atoms with Crippen LogP contribution in [0, 0.1) is 0 Å². The van der Waals surface area contributed by atoms with Crippen LogP contribution in [0.2, 0.25) is 0 Å². The molecule has 6 nitrogen and oxygen atoms in total. The molecule has 0 saturated carbocycles. The Hall–Kier alpha value is -3.10. The third kappa shape index (κ3) is 5.79. The van der Waals surface area contributed by atoms with Crippen LogP contribution in [0.5, 0.6) is 5.75 Å². The molecular formula is C16H13F3N2O4. The molecule has 1 heterocycles. The smallest absolute Gasteiger partial charge is 0.448 e. The Balaban J connectivity index is 1.91. The van der Waals surface area contributed by atoms with E-state index in [0.29, 0.717) is 0 Å². The van der Waals surface area contributed by atoms with Gasteiger partial charge in [0.15, 0.2) is 6.10 Å². The molecule has 1 aromatic heterocycles. The minimum absolute atomic E-state index is 0.0517. The monoisotopic (exact) mass is 354 g/mol. The van der Waals surface area contributed by atoms with Crippen molar-refractivity contribution in [2.24, 2.45) is 0 Å². The lowest BCUT2D eigenvalue weighted by molar-refractivity contribution is -0.274. The quantitative estimate of drug-likeness (QED) is 0.835. The molecule has 25 heavy (non-hydrogen) atoms. The SMILES string of the molecule is CC(OC(=O)c1ccccn1)C(=O)Nc1ccc(OC(F)(F)F)cc1. The molecular weight excluding hydrogens is 341 g/mol. The molecule has 1 atom stereocenters. The van der Waals surface area contributed by atoms with Gasteiger partial charge in [-0.1, -0.05) is 6.07 Å². The molecule has 1 aromatic carbocycles. The van der Waals surface area contributed by atoms with Crippen LogP contribution in [0.3, 0.4) is 0 Å². The molecule has 0 aliphatic heterocycles. The predicted octanol–water partition coefficient (Wildman–Crippen LogP) is 3.16. The number of hydrogen-bond acceptors (Lipinski definition) is 5. The van der Waals surface area contributed by atoms with Gasteiger partial charge in [-0.05, 0) is 43.3 Å². The van der Waals surface area contributed by atoms with E-state index in [2.05, 4.69) is 15.0 Å². The number of carbonyl (C=O) groups is 2. The minimum atomic E-state index is -4.79. The van der Waals surface area contributed by atoms with E-state index in [1.165, 1.54) is 31.3 Å². The number of aromatic nitrogens is 1. The van der Waals surface area contributed by atoms with Crippen molar-refractivity contribution in [3.8, 4) is 5.75 Å². The Bertz CT molecular complexity index is 733. The maximum absolute atomic E-state index is 12.1. The van der Waals surface area contributed by atoms with Crippen molar-refractivity contribution in [3.05, 3.63) is 54.4 Å². The first-order valence-corrected chi connectivity index (χ1v) is 7.03. The van der Waals surface area contributed by atoms with Gasteiger partial charge in [0.1, 0.15) is 11.4 Å². The Morgan fingerprint density at radius 3 is 2.36 bits per heavy atom. The number of carbonyl (C=O) groups excluding carboxylic acids is 2. The Labute approximate surface area is 140 Å². The van der Waals surface area contributed by atoms with E-state index < -0.39 is 30.1 Å². The zero-order valence-electron chi connectivity index (χ0n) is 12.9. The highest BCUT2D eigenvalue weighted by Gasteiger charge is 2.31. The number of pyridine rings is 1. The summed E-state index contributed by atoms with van der Waals surface area (Å²) in [5.74, 6) is -1.83. The summed E-state index contributed by atoms with van der Waals surface area (Å²) in [5.41, 5.74) is 0.274. The van der Waals surface area contributed by atoms with Crippen LogP contribution in [-0.2, 0) is 9.53 Å². The number of nitrogens with one attached hydrogen (secondary N) is 1. The number of halogens is 3. The first kappa shape index (κ1) is 18.2. The predicted molar refractivity (Wildman–Crippen MR) is 80.9 cm³/mol. The lowest BCUT2D eigenvalue weighted by Gasteiger charge is -2.14. The van der Waals surface area contributed by atoms with Crippen molar-refractivity contribution in [1.29, 1.82) is 0 Å². The number of rotatable bonds is 5. The zero-order valence-corrected chi connectivity index (χ0v) is 12.9. The van der Waals surface area contributed by atoms with E-state index >= 15 is 0 Å². The van der Waals surface area contributed by atoms with Crippen LogP contribution < -0.4 is 10.1 Å². The molecule has 0 aliphatic carbocycles. The number of hydrogen-bond donors (Lipinski definition) is 1. The van der Waals surface area contributed by atoms with Gasteiger partial charge in [0.2, 0.25) is 0 Å². The molecule has 2 aromatic rings. The second-order valence-electron chi connectivity index (χ2n) is 4.82. The maximum atomic E-state index is 12.1. The lowest BCUT2D eigenvalue weighted by atomic mass is 10.3. The van der Waals surface area contributed by atoms with Gasteiger partial charge in [-0.2, -0.15) is 0 Å². The maximum Gasteiger partial charge on any atom is 0.573 e. The summed E-state index contributed by atoms with van der Waals surface area (Å²) in [5, 5.41) is 2.42. The number of alkyl halides is 3. The normalized spacial score (nSPS) is 12.2. The molecule has 0 saturated heterocycles. The summed E-state index contributed by atoms with van der Waals surface area (Å²) in [6, 6.07) is 9.21. The number of amides is 1. The van der Waals surface area contributed by atoms with Crippen LogP contribution in [0.15, 0.2) is 48.7 Å². The highest BCUT2D eigenvalue weighted by Crippen LogP contribution is 2.24. The van der Waals surface area contributed by atoms with E-state index in [1.807, 2.05) is 0 Å². The second-order valence-corrected chi connectivity index (χ2v) is 4.82. The zero-order chi connectivity index (χ0) is 18.4. The van der Waals surface area contributed by atoms with Gasteiger partial charge < -0.3 is 14.8 Å². The second kappa shape index (κ2) is 7.65. The van der Waals surface area contributed by atoms with Crippen LogP contribution in [0.1, 0.15) is 17.4 Å². The molecule has 132 valence electrons. The van der Waals surface area contributed by atoms with Gasteiger partial charge in [-0.3, -0.25) is 4.79 Å². The standard InChI is InChI=1S/C16H13F3N2O4/c1-10(24-15(23)13-4-2-3-9-20-13)14(22)21-11-5-7-12(8-6-11)25-16(17,18)19/h2-10H,1H3,(H,21,22). The average molecular weight is 354 g/mol. The lowest BCUT2D eigenvalue weighted by Crippen LogP contribution is -2.30. The van der Waals surface area contributed by atoms with Crippen LogP contribution in [0.4, 0.5) is 18.9 Å². The number of ether oxygens (including phenoxy) is 2. The molecule has 0 bridgehead atoms. The van der Waals surface area contributed by atoms with Crippen molar-refractivity contribution in [3.63, 3.8) is 0 Å². The first-order chi connectivity index (χ1) is 11.7. The molecule has 1 N–H and O–H groups in total. The van der Waals surface area contributed by atoms with Gasteiger partial charge in [-0.15, -0.1) is 13.2 Å². The number of anilines is 1. The van der Waals surface area contributed by atoms with E-state index in [0.717, 1.165) is 12.1 Å². The van der Waals surface area contributed by atoms with Crippen molar-refractivity contribution < 1.29 is 32.2 Å². The molecule has 2 rings (SSSR count). The average Bonchev–Trinajstić information content (AvgIpc) is 2.56. The summed E-state index contributed by atoms with van der Waals surface area (Å²) in [6.45, 7) is 1.36. The highest BCUT2D eigenvalue weighted by atomic mass is 19.4. The van der Waals surface area contributed by atoms with E-state index in [4.69, 9.17) is 4.74 Å². The topological polar surface area (TPSA) is 77.5 Å². The molecule has 0 radical (unpaired) electrons. The number of esters is 1. The van der Waals surface area contributed by atoms with Crippen molar-refractivity contribution in [2.75, 3.05) is 5.32 Å². The van der Waals surface area contributed by atoms with Gasteiger partial charge >= 0.3 is 12.3 Å². The van der Waals surface area contributed by atoms with Crippen LogP contribution in [-0.4, -0.2) is 29.3 Å². The van der Waals surface area contributed by atoms with Gasteiger partial charge in [0, 0.05) is 11.9 Å². The molecule has 9 heteroatoms. The third-order valence-electron chi connectivity index (χ3n) is 2.88. The third-order valence-corrected chi connectivity index (χ3v) is 2.88. The molecule has 0 aliphatic rings. The summed E-state index contributed by atoms with van der Waals surface area (Å²) < 4.78 is 44.9. The van der Waals surface area contributed by atoms with Crippen molar-refractivity contribution in [1.82, 2.24) is 4.98 Å². The molecule has 0 spiro atoms. The fourth-order valence-corrected chi connectivity index (χ4v) is 1.74. The first-order valence-electron chi connectivity index (χ1n) is 7.03. The Morgan fingerprint density at radius 2 is 1.80 bits per heavy atom. The number of benzene rings is 1. The molecule has 1 unspecified atom stereocenters. The van der Waals surface area contributed by atoms with Crippen LogP contribution in [0.25, 0.3) is 0 Å². The highest BCUT2D eigenvalue weighted by molar-refractivity contribution is 5.96. The van der Waals surface area contributed by atoms with Gasteiger partial charge in [-0.25, -0.2) is 9.78 Å². The van der Waals surface area contributed by atoms with Crippen molar-refractivity contribution >= 4 is 17.6 Å². The number of nitrogens with zero attached hydrogens (tertiary/aromatic N) is 1. The van der Waals surface area contributed by atoms with Gasteiger partial charge in [0.05, 0.1) is 0 Å². The van der Waals surface area contributed by atoms with Crippen molar-refractivity contribution in [2.45, 2.75) is 19.4 Å². The summed E-state index contributed by atoms with van der Waals surface area (Å²) in [4.78, 5) is 27.6. The Kier molecular flexibility index (Phi) is 5.58. The molecule has 0 fully saturated rings. The van der Waals surface area contributed by atoms with E-state index in [9.17, 15) is 22.8 Å². The summed E-state index contributed by atoms with van der Waals surface area (Å²) in [7, 11) is 0. The fourth-order valence-electron chi connectivity index (χ4n) is 1.74. The Morgan fingerprint density at radius 1 is 1.12 bits per heavy atom. The fraction of sp³-hybridized carbons (Fsp3) is 0.188.